The first-order chi connectivity index (χ1) is 19.6. The highest BCUT2D eigenvalue weighted by atomic mass is 32.2. The monoisotopic (exact) mass is 611 g/mol. The molecule has 230 valence electrons. The van der Waals surface area contributed by atoms with Gasteiger partial charge in [-0.3, -0.25) is 14.3 Å². The summed E-state index contributed by atoms with van der Waals surface area (Å²) in [4.78, 5) is 35.6. The van der Waals surface area contributed by atoms with Crippen LogP contribution in [0, 0.1) is 5.92 Å². The molecule has 0 atom stereocenters. The number of nitrogens with zero attached hydrogens (tertiary/aromatic N) is 1. The Morgan fingerprint density at radius 2 is 1.64 bits per heavy atom. The molecule has 2 aliphatic rings. The second kappa shape index (κ2) is 13.6. The average molecular weight is 612 g/mol. The van der Waals surface area contributed by atoms with Gasteiger partial charge in [0.25, 0.3) is 10.0 Å². The van der Waals surface area contributed by atoms with Crippen molar-refractivity contribution in [3.8, 4) is 0 Å². The molecule has 2 amide bonds. The molecule has 0 bridgehead atoms. The van der Waals surface area contributed by atoms with Crippen LogP contribution in [0.4, 0.5) is 18.9 Å². The Labute approximate surface area is 243 Å². The minimum absolute atomic E-state index is 0.0000616. The van der Waals surface area contributed by atoms with Crippen LogP contribution >= 0.6 is 0 Å². The number of alkyl halides is 3. The Bertz CT molecular complexity index is 1360. The normalized spacial score (nSPS) is 16.0. The fourth-order valence-corrected chi connectivity index (χ4v) is 5.76. The second-order valence-electron chi connectivity index (χ2n) is 10.9. The summed E-state index contributed by atoms with van der Waals surface area (Å²) in [5.74, 6) is -2.05. The molecular weight excluding hydrogens is 575 g/mol. The van der Waals surface area contributed by atoms with Crippen LogP contribution in [0.2, 0.25) is 0 Å². The predicted molar refractivity (Wildman–Crippen MR) is 150 cm³/mol. The molecule has 9 nitrogen and oxygen atoms in total. The molecule has 3 N–H and O–H groups in total. The molecule has 0 radical (unpaired) electrons. The molecule has 0 unspecified atom stereocenters. The molecule has 1 aliphatic carbocycles. The van der Waals surface area contributed by atoms with E-state index in [9.17, 15) is 31.2 Å². The Morgan fingerprint density at radius 3 is 2.12 bits per heavy atom. The van der Waals surface area contributed by atoms with Crippen molar-refractivity contribution in [2.75, 3.05) is 24.4 Å². The zero-order valence-corrected chi connectivity index (χ0v) is 24.4. The highest BCUT2D eigenvalue weighted by Gasteiger charge is 2.51. The zero-order chi connectivity index (χ0) is 31.1. The number of rotatable bonds is 11. The lowest BCUT2D eigenvalue weighted by Gasteiger charge is -2.18. The van der Waals surface area contributed by atoms with Gasteiger partial charge in [-0.25, -0.2) is 13.2 Å². The molecule has 42 heavy (non-hydrogen) atoms. The van der Waals surface area contributed by atoms with Gasteiger partial charge in [0.2, 0.25) is 11.8 Å². The Morgan fingerprint density at radius 1 is 1.05 bits per heavy atom. The molecular formula is C29H36F3N3O6S. The van der Waals surface area contributed by atoms with E-state index >= 15 is 0 Å². The number of nitrogens with one attached hydrogen (secondary N) is 2. The first kappa shape index (κ1) is 32.9. The fraction of sp³-hybridized carbons (Fsp3) is 0.483. The first-order valence-corrected chi connectivity index (χ1v) is 15.2. The molecule has 0 spiro atoms. The molecule has 2 aromatic rings. The van der Waals surface area contributed by atoms with Crippen LogP contribution in [0.3, 0.4) is 0 Å². The van der Waals surface area contributed by atoms with E-state index < -0.39 is 27.6 Å². The van der Waals surface area contributed by atoms with Crippen LogP contribution in [-0.2, 0) is 36.2 Å². The number of carboxylic acid groups (broad SMARTS) is 1. The number of hydrogen-bond acceptors (Lipinski definition) is 5. The molecule has 1 aliphatic heterocycles. The van der Waals surface area contributed by atoms with Gasteiger partial charge in [0.15, 0.2) is 0 Å². The summed E-state index contributed by atoms with van der Waals surface area (Å²) in [6.07, 6.45) is -0.332. The lowest BCUT2D eigenvalue weighted by Crippen LogP contribution is -2.36. The van der Waals surface area contributed by atoms with Crippen LogP contribution in [-0.4, -0.2) is 62.0 Å². The maximum absolute atomic E-state index is 12.9. The Kier molecular flexibility index (Phi) is 10.6. The Hall–Kier alpha value is -3.61. The van der Waals surface area contributed by atoms with E-state index in [0.717, 1.165) is 49.8 Å². The van der Waals surface area contributed by atoms with Crippen molar-refractivity contribution in [2.24, 2.45) is 5.92 Å². The van der Waals surface area contributed by atoms with E-state index in [2.05, 4.69) is 23.9 Å². The number of carboxylic acids is 1. The van der Waals surface area contributed by atoms with Crippen LogP contribution < -0.4 is 10.0 Å². The summed E-state index contributed by atoms with van der Waals surface area (Å²) in [5.41, 5.74) is 1.94. The number of likely N-dealkylation sites (tertiary alicyclic amines) is 1. The highest BCUT2D eigenvalue weighted by Crippen LogP contribution is 2.48. The maximum Gasteiger partial charge on any atom is 0.490 e. The number of carbonyl (C=O) groups excluding carboxylic acids is 2. The van der Waals surface area contributed by atoms with Gasteiger partial charge in [-0.15, -0.1) is 0 Å². The van der Waals surface area contributed by atoms with E-state index in [-0.39, 0.29) is 16.7 Å². The van der Waals surface area contributed by atoms with E-state index in [1.807, 2.05) is 29.2 Å². The molecule has 1 saturated carbocycles. The van der Waals surface area contributed by atoms with E-state index in [4.69, 9.17) is 9.90 Å². The van der Waals surface area contributed by atoms with Gasteiger partial charge in [-0.1, -0.05) is 38.1 Å². The van der Waals surface area contributed by atoms with Crippen LogP contribution in [0.25, 0.3) is 0 Å². The largest absolute Gasteiger partial charge is 0.490 e. The molecule has 4 rings (SSSR count). The van der Waals surface area contributed by atoms with Gasteiger partial charge in [0.05, 0.1) is 10.3 Å². The SMILES string of the molecule is CC(C)Cc1ccc(S(=O)(=O)Nc2ccc(C3(C(=O)NCCCN4CCCC4=O)CC3)cc2)cc1.O=C(O)C(F)(F)F. The van der Waals surface area contributed by atoms with Gasteiger partial charge in [-0.05, 0) is 73.4 Å². The second-order valence-corrected chi connectivity index (χ2v) is 12.6. The number of hydrogen-bond donors (Lipinski definition) is 3. The van der Waals surface area contributed by atoms with Crippen LogP contribution in [0.15, 0.2) is 53.4 Å². The lowest BCUT2D eigenvalue weighted by atomic mass is 9.95. The third-order valence-electron chi connectivity index (χ3n) is 7.06. The summed E-state index contributed by atoms with van der Waals surface area (Å²) in [6, 6.07) is 14.1. The zero-order valence-electron chi connectivity index (χ0n) is 23.5. The highest BCUT2D eigenvalue weighted by molar-refractivity contribution is 7.92. The van der Waals surface area contributed by atoms with E-state index in [1.165, 1.54) is 0 Å². The van der Waals surface area contributed by atoms with Crippen molar-refractivity contribution < 1.29 is 41.1 Å². The fourth-order valence-electron chi connectivity index (χ4n) is 4.70. The van der Waals surface area contributed by atoms with Crippen molar-refractivity contribution in [2.45, 2.75) is 68.9 Å². The summed E-state index contributed by atoms with van der Waals surface area (Å²) in [5, 5.41) is 10.1. The minimum atomic E-state index is -5.08. The van der Waals surface area contributed by atoms with Gasteiger partial charge in [-0.2, -0.15) is 13.2 Å². The standard InChI is InChI=1S/C27H35N3O4S.C2HF3O2/c1-20(2)19-21-6-12-24(13-7-21)35(33,34)29-23-10-8-22(9-11-23)27(14-15-27)26(32)28-16-4-18-30-17-3-5-25(30)31;3-2(4,5)1(6)7/h6-13,20,29H,3-5,14-19H2,1-2H3,(H,28,32);(H,6,7). The lowest BCUT2D eigenvalue weighted by molar-refractivity contribution is -0.192. The van der Waals surface area contributed by atoms with E-state index in [0.29, 0.717) is 31.1 Å². The summed E-state index contributed by atoms with van der Waals surface area (Å²) in [6.45, 7) is 6.30. The van der Waals surface area contributed by atoms with Gasteiger partial charge in [0, 0.05) is 31.7 Å². The smallest absolute Gasteiger partial charge is 0.475 e. The van der Waals surface area contributed by atoms with E-state index in [1.54, 1.807) is 24.3 Å². The summed E-state index contributed by atoms with van der Waals surface area (Å²) in [7, 11) is -3.69. The van der Waals surface area contributed by atoms with Gasteiger partial charge < -0.3 is 15.3 Å². The molecule has 13 heteroatoms. The number of anilines is 1. The number of aliphatic carboxylic acids is 1. The maximum atomic E-state index is 12.9. The quantitative estimate of drug-likeness (QED) is 0.321. The Balaban J connectivity index is 0.000000616. The van der Waals surface area contributed by atoms with Gasteiger partial charge in [0.1, 0.15) is 0 Å². The number of halogens is 3. The minimum Gasteiger partial charge on any atom is -0.475 e. The molecule has 1 heterocycles. The van der Waals surface area contributed by atoms with Crippen molar-refractivity contribution in [3.63, 3.8) is 0 Å². The van der Waals surface area contributed by atoms with Crippen molar-refractivity contribution in [1.82, 2.24) is 10.2 Å². The average Bonchev–Trinajstić information content (AvgIpc) is 3.62. The molecule has 2 aromatic carbocycles. The number of amides is 2. The summed E-state index contributed by atoms with van der Waals surface area (Å²) < 4.78 is 60.0. The van der Waals surface area contributed by atoms with Crippen molar-refractivity contribution in [3.05, 3.63) is 59.7 Å². The van der Waals surface area contributed by atoms with Crippen LogP contribution in [0.1, 0.15) is 57.1 Å². The number of benzene rings is 2. The molecule has 2 fully saturated rings. The topological polar surface area (TPSA) is 133 Å². The number of sulfonamides is 1. The molecule has 0 aromatic heterocycles. The molecule has 1 saturated heterocycles. The van der Waals surface area contributed by atoms with Gasteiger partial charge >= 0.3 is 12.1 Å². The number of carbonyl (C=O) groups is 3. The van der Waals surface area contributed by atoms with Crippen molar-refractivity contribution >= 4 is 33.5 Å². The third kappa shape index (κ3) is 8.94. The predicted octanol–water partition coefficient (Wildman–Crippen LogP) is 4.48. The van der Waals surface area contributed by atoms with Crippen molar-refractivity contribution in [1.29, 1.82) is 0 Å². The van der Waals surface area contributed by atoms with Crippen LogP contribution in [0.5, 0.6) is 0 Å². The third-order valence-corrected chi connectivity index (χ3v) is 8.45. The first-order valence-electron chi connectivity index (χ1n) is 13.7. The summed E-state index contributed by atoms with van der Waals surface area (Å²) >= 11 is 0.